The first kappa shape index (κ1) is 14.0. The molecule has 6 heteroatoms. The fourth-order valence-corrected chi connectivity index (χ4v) is 3.02. The maximum absolute atomic E-state index is 12.0. The molecule has 0 spiro atoms. The zero-order chi connectivity index (χ0) is 14.0. The second-order valence-electron chi connectivity index (χ2n) is 4.90. The lowest BCUT2D eigenvalue weighted by Crippen LogP contribution is -2.27. The number of primary amides is 1. The molecule has 1 aromatic rings. The van der Waals surface area contributed by atoms with Crippen LogP contribution in [0.1, 0.15) is 47.8 Å². The Kier molecular flexibility index (Phi) is 4.21. The van der Waals surface area contributed by atoms with E-state index in [4.69, 9.17) is 10.5 Å². The summed E-state index contributed by atoms with van der Waals surface area (Å²) in [6.45, 7) is 4.67. The number of nitrogens with two attached hydrogens (primary N) is 1. The number of carbonyl (C=O) groups is 2. The highest BCUT2D eigenvalue weighted by Crippen LogP contribution is 2.33. The van der Waals surface area contributed by atoms with Gasteiger partial charge in [-0.1, -0.05) is 13.8 Å². The highest BCUT2D eigenvalue weighted by atomic mass is 32.1. The van der Waals surface area contributed by atoms with Crippen molar-refractivity contribution in [1.82, 2.24) is 0 Å². The van der Waals surface area contributed by atoms with Crippen molar-refractivity contribution in [3.05, 3.63) is 16.5 Å². The van der Waals surface area contributed by atoms with Crippen molar-refractivity contribution in [2.45, 2.75) is 38.7 Å². The molecular weight excluding hydrogens is 264 g/mol. The first-order valence-electron chi connectivity index (χ1n) is 6.35. The van der Waals surface area contributed by atoms with Gasteiger partial charge in [0.1, 0.15) is 11.1 Å². The molecule has 0 radical (unpaired) electrons. The number of rotatable bonds is 4. The largest absolute Gasteiger partial charge is 0.368 e. The molecule has 2 rings (SSSR count). The Morgan fingerprint density at radius 2 is 2.26 bits per heavy atom. The Labute approximate surface area is 116 Å². The third-order valence-electron chi connectivity index (χ3n) is 3.04. The minimum atomic E-state index is -0.522. The van der Waals surface area contributed by atoms with E-state index in [0.717, 1.165) is 17.7 Å². The molecule has 1 aromatic heterocycles. The molecular formula is C13H18N2O3S. The quantitative estimate of drug-likeness (QED) is 0.887. The standard InChI is InChI=1S/C13H18N2O3S/c1-7(2)10-6-8(11(14)16)13(19-10)15-12(17)9-4-3-5-18-9/h6-7,9H,3-5H2,1-2H3,(H2,14,16)(H,15,17)/t9-/m0/s1. The molecule has 1 saturated heterocycles. The van der Waals surface area contributed by atoms with E-state index in [2.05, 4.69) is 5.32 Å². The SMILES string of the molecule is CC(C)c1cc(C(N)=O)c(NC(=O)[C@@H]2CCCO2)s1. The van der Waals surface area contributed by atoms with Gasteiger partial charge in [-0.15, -0.1) is 11.3 Å². The van der Waals surface area contributed by atoms with Crippen LogP contribution in [-0.4, -0.2) is 24.5 Å². The lowest BCUT2D eigenvalue weighted by atomic mass is 10.1. The summed E-state index contributed by atoms with van der Waals surface area (Å²) in [6, 6.07) is 1.75. The Hall–Kier alpha value is -1.40. The fourth-order valence-electron chi connectivity index (χ4n) is 1.95. The van der Waals surface area contributed by atoms with Crippen LogP contribution in [-0.2, 0) is 9.53 Å². The summed E-state index contributed by atoms with van der Waals surface area (Å²) in [4.78, 5) is 24.4. The molecule has 1 fully saturated rings. The second kappa shape index (κ2) is 5.71. The van der Waals surface area contributed by atoms with Crippen LogP contribution in [0, 0.1) is 0 Å². The highest BCUT2D eigenvalue weighted by Gasteiger charge is 2.25. The summed E-state index contributed by atoms with van der Waals surface area (Å²) in [5, 5.41) is 3.29. The number of anilines is 1. The Morgan fingerprint density at radius 1 is 1.53 bits per heavy atom. The van der Waals surface area contributed by atoms with Crippen LogP contribution < -0.4 is 11.1 Å². The van der Waals surface area contributed by atoms with Gasteiger partial charge in [-0.3, -0.25) is 9.59 Å². The third kappa shape index (κ3) is 3.13. The van der Waals surface area contributed by atoms with E-state index < -0.39 is 12.0 Å². The van der Waals surface area contributed by atoms with Gasteiger partial charge in [0.15, 0.2) is 0 Å². The number of amides is 2. The molecule has 5 nitrogen and oxygen atoms in total. The summed E-state index contributed by atoms with van der Waals surface area (Å²) < 4.78 is 5.32. The van der Waals surface area contributed by atoms with E-state index in [1.54, 1.807) is 6.07 Å². The van der Waals surface area contributed by atoms with Crippen LogP contribution in [0.25, 0.3) is 0 Å². The van der Waals surface area contributed by atoms with E-state index in [0.29, 0.717) is 17.2 Å². The summed E-state index contributed by atoms with van der Waals surface area (Å²) in [5.41, 5.74) is 5.72. The van der Waals surface area contributed by atoms with Crippen LogP contribution in [0.15, 0.2) is 6.07 Å². The topological polar surface area (TPSA) is 81.4 Å². The Bertz CT molecular complexity index is 490. The monoisotopic (exact) mass is 282 g/mol. The van der Waals surface area contributed by atoms with E-state index in [1.807, 2.05) is 13.8 Å². The molecule has 0 aliphatic carbocycles. The van der Waals surface area contributed by atoms with Gasteiger partial charge in [0.2, 0.25) is 0 Å². The minimum absolute atomic E-state index is 0.197. The van der Waals surface area contributed by atoms with Gasteiger partial charge in [-0.05, 0) is 24.8 Å². The van der Waals surface area contributed by atoms with Crippen LogP contribution in [0.5, 0.6) is 0 Å². The van der Waals surface area contributed by atoms with Gasteiger partial charge < -0.3 is 15.8 Å². The molecule has 104 valence electrons. The van der Waals surface area contributed by atoms with Crippen molar-refractivity contribution in [3.8, 4) is 0 Å². The molecule has 0 bridgehead atoms. The summed E-state index contributed by atoms with van der Waals surface area (Å²) >= 11 is 1.39. The van der Waals surface area contributed by atoms with E-state index in [-0.39, 0.29) is 11.8 Å². The average Bonchev–Trinajstić information content (AvgIpc) is 2.97. The van der Waals surface area contributed by atoms with Crippen LogP contribution in [0.2, 0.25) is 0 Å². The summed E-state index contributed by atoms with van der Waals surface area (Å²) in [7, 11) is 0. The average molecular weight is 282 g/mol. The molecule has 1 aliphatic heterocycles. The molecule has 0 unspecified atom stereocenters. The van der Waals surface area contributed by atoms with Crippen molar-refractivity contribution < 1.29 is 14.3 Å². The van der Waals surface area contributed by atoms with Gasteiger partial charge in [0.05, 0.1) is 5.56 Å². The highest BCUT2D eigenvalue weighted by molar-refractivity contribution is 7.16. The Morgan fingerprint density at radius 3 is 2.79 bits per heavy atom. The number of hydrogen-bond acceptors (Lipinski definition) is 4. The zero-order valence-electron chi connectivity index (χ0n) is 11.1. The van der Waals surface area contributed by atoms with Crippen molar-refractivity contribution >= 4 is 28.2 Å². The van der Waals surface area contributed by atoms with E-state index in [1.165, 1.54) is 11.3 Å². The van der Waals surface area contributed by atoms with Crippen LogP contribution >= 0.6 is 11.3 Å². The van der Waals surface area contributed by atoms with Crippen LogP contribution in [0.3, 0.4) is 0 Å². The molecule has 2 amide bonds. The third-order valence-corrected chi connectivity index (χ3v) is 4.40. The maximum atomic E-state index is 12.0. The normalized spacial score (nSPS) is 18.8. The minimum Gasteiger partial charge on any atom is -0.368 e. The van der Waals surface area contributed by atoms with Crippen molar-refractivity contribution in [2.75, 3.05) is 11.9 Å². The van der Waals surface area contributed by atoms with Crippen molar-refractivity contribution in [1.29, 1.82) is 0 Å². The molecule has 1 aliphatic rings. The summed E-state index contributed by atoms with van der Waals surface area (Å²) in [6.07, 6.45) is 1.20. The van der Waals surface area contributed by atoms with E-state index in [9.17, 15) is 9.59 Å². The number of nitrogens with one attached hydrogen (secondary N) is 1. The maximum Gasteiger partial charge on any atom is 0.254 e. The molecule has 0 saturated carbocycles. The number of ether oxygens (including phenoxy) is 1. The van der Waals surface area contributed by atoms with Gasteiger partial charge in [-0.25, -0.2) is 0 Å². The summed E-state index contributed by atoms with van der Waals surface area (Å²) in [5.74, 6) is -0.431. The van der Waals surface area contributed by atoms with Gasteiger partial charge in [0, 0.05) is 11.5 Å². The predicted molar refractivity (Wildman–Crippen MR) is 74.5 cm³/mol. The molecule has 0 aromatic carbocycles. The molecule has 1 atom stereocenters. The van der Waals surface area contributed by atoms with Gasteiger partial charge in [-0.2, -0.15) is 0 Å². The second-order valence-corrected chi connectivity index (χ2v) is 5.99. The van der Waals surface area contributed by atoms with Gasteiger partial charge >= 0.3 is 0 Å². The van der Waals surface area contributed by atoms with Crippen LogP contribution in [0.4, 0.5) is 5.00 Å². The zero-order valence-corrected chi connectivity index (χ0v) is 11.9. The lowest BCUT2D eigenvalue weighted by molar-refractivity contribution is -0.124. The lowest BCUT2D eigenvalue weighted by Gasteiger charge is -2.09. The molecule has 2 heterocycles. The van der Waals surface area contributed by atoms with Crippen molar-refractivity contribution in [3.63, 3.8) is 0 Å². The number of thiophene rings is 1. The van der Waals surface area contributed by atoms with Crippen molar-refractivity contribution in [2.24, 2.45) is 5.73 Å². The smallest absolute Gasteiger partial charge is 0.254 e. The molecule has 19 heavy (non-hydrogen) atoms. The first-order valence-corrected chi connectivity index (χ1v) is 7.16. The molecule has 3 N–H and O–H groups in total. The fraction of sp³-hybridized carbons (Fsp3) is 0.538. The predicted octanol–water partition coefficient (Wildman–Crippen LogP) is 2.09. The van der Waals surface area contributed by atoms with Gasteiger partial charge in [0.25, 0.3) is 11.8 Å². The van der Waals surface area contributed by atoms with E-state index >= 15 is 0 Å². The number of hydrogen-bond donors (Lipinski definition) is 2. The Balaban J connectivity index is 2.18. The first-order chi connectivity index (χ1) is 8.99. The number of carbonyl (C=O) groups excluding carboxylic acids is 2.